The van der Waals surface area contributed by atoms with Crippen molar-refractivity contribution < 1.29 is 37.2 Å². The average molecular weight is 737 g/mol. The fourth-order valence-corrected chi connectivity index (χ4v) is 5.74. The van der Waals surface area contributed by atoms with Gasteiger partial charge in [0.2, 0.25) is 18.0 Å². The van der Waals surface area contributed by atoms with Crippen molar-refractivity contribution >= 4 is 39.9 Å². The van der Waals surface area contributed by atoms with Gasteiger partial charge in [-0.15, -0.1) is 0 Å². The fourth-order valence-electron chi connectivity index (χ4n) is 5.07. The maximum absolute atomic E-state index is 12.7. The van der Waals surface area contributed by atoms with Gasteiger partial charge in [0.15, 0.2) is 0 Å². The molecule has 1 unspecified atom stereocenters. The molecule has 0 radical (unpaired) electrons. The van der Waals surface area contributed by atoms with Crippen LogP contribution < -0.4 is 20.8 Å². The third kappa shape index (κ3) is 11.3. The molecule has 5 aromatic rings. The second-order valence-corrected chi connectivity index (χ2v) is 13.0. The summed E-state index contributed by atoms with van der Waals surface area (Å²) in [5, 5.41) is 18.1. The Morgan fingerprint density at radius 1 is 0.811 bits per heavy atom. The van der Waals surface area contributed by atoms with E-state index in [1.165, 1.54) is 36.5 Å². The zero-order valence-electron chi connectivity index (χ0n) is 28.3. The summed E-state index contributed by atoms with van der Waals surface area (Å²) in [5.41, 5.74) is 6.47. The lowest BCUT2D eigenvalue weighted by molar-refractivity contribution is -0.142. The summed E-state index contributed by atoms with van der Waals surface area (Å²) in [6.45, 7) is 0.367. The summed E-state index contributed by atoms with van der Waals surface area (Å²) in [7, 11) is -4.45. The normalized spacial score (nSPS) is 11.8. The zero-order valence-corrected chi connectivity index (χ0v) is 29.1. The van der Waals surface area contributed by atoms with Gasteiger partial charge in [-0.3, -0.25) is 19.6 Å². The van der Waals surface area contributed by atoms with E-state index < -0.39 is 34.1 Å². The Morgan fingerprint density at radius 2 is 1.51 bits per heavy atom. The number of amides is 2. The Morgan fingerprint density at radius 3 is 2.19 bits per heavy atom. The summed E-state index contributed by atoms with van der Waals surface area (Å²) in [4.78, 5) is 45.5. The second kappa shape index (κ2) is 18.2. The molecule has 5 rings (SSSR count). The molecule has 3 aromatic carbocycles. The zero-order chi connectivity index (χ0) is 37.6. The maximum atomic E-state index is 12.7. The van der Waals surface area contributed by atoms with Crippen LogP contribution in [0.25, 0.3) is 22.4 Å². The molecular weight excluding hydrogens is 701 g/mol. The molecule has 0 aliphatic carbocycles. The van der Waals surface area contributed by atoms with Gasteiger partial charge in [-0.05, 0) is 54.7 Å². The van der Waals surface area contributed by atoms with E-state index >= 15 is 0 Å². The number of hydrogen-bond donors (Lipinski definition) is 5. The number of hydrogen-bond acceptors (Lipinski definition) is 10. The van der Waals surface area contributed by atoms with Crippen molar-refractivity contribution in [2.45, 2.75) is 36.7 Å². The Bertz CT molecular complexity index is 2110. The molecule has 5 N–H and O–H groups in total. The Kier molecular flexibility index (Phi) is 13.0. The summed E-state index contributed by atoms with van der Waals surface area (Å²) >= 11 is 0. The third-order valence-electron chi connectivity index (χ3n) is 7.71. The molecule has 0 bridgehead atoms. The van der Waals surface area contributed by atoms with E-state index in [-0.39, 0.29) is 28.3 Å². The first-order valence-corrected chi connectivity index (χ1v) is 17.9. The van der Waals surface area contributed by atoms with E-state index in [4.69, 9.17) is 9.72 Å². The SMILES string of the molecule is O=C(CCCCCOc1cc(-c2ccccc2)cc(-c2ccccc2)n1)NC(NC(=O)c1ccc(N/N=C/c2ccccc2S(=O)(=O)O)nc1)C(=O)O. The number of pyridine rings is 2. The number of unbranched alkanes of at least 4 members (excludes halogenated alkanes) is 2. The largest absolute Gasteiger partial charge is 0.478 e. The molecule has 53 heavy (non-hydrogen) atoms. The number of anilines is 1. The minimum Gasteiger partial charge on any atom is -0.478 e. The minimum absolute atomic E-state index is 0.0106. The third-order valence-corrected chi connectivity index (χ3v) is 8.64. The number of nitrogens with zero attached hydrogens (tertiary/aromatic N) is 3. The van der Waals surface area contributed by atoms with E-state index in [1.54, 1.807) is 6.07 Å². The van der Waals surface area contributed by atoms with Gasteiger partial charge in [-0.2, -0.15) is 13.5 Å². The van der Waals surface area contributed by atoms with Crippen molar-refractivity contribution in [2.24, 2.45) is 5.10 Å². The lowest BCUT2D eigenvalue weighted by atomic mass is 10.0. The predicted molar refractivity (Wildman–Crippen MR) is 198 cm³/mol. The van der Waals surface area contributed by atoms with E-state index in [2.05, 4.69) is 26.1 Å². The van der Waals surface area contributed by atoms with E-state index in [0.29, 0.717) is 31.7 Å². The second-order valence-electron chi connectivity index (χ2n) is 11.6. The topological polar surface area (TPSA) is 209 Å². The summed E-state index contributed by atoms with van der Waals surface area (Å²) < 4.78 is 38.4. The van der Waals surface area contributed by atoms with Crippen molar-refractivity contribution in [3.63, 3.8) is 0 Å². The molecule has 2 heterocycles. The fraction of sp³-hybridized carbons (Fsp3) is 0.158. The summed E-state index contributed by atoms with van der Waals surface area (Å²) in [6, 6.07) is 32.1. The number of carboxylic acid groups (broad SMARTS) is 1. The van der Waals surface area contributed by atoms with Crippen LogP contribution in [0.4, 0.5) is 5.82 Å². The van der Waals surface area contributed by atoms with Crippen molar-refractivity contribution in [2.75, 3.05) is 12.0 Å². The van der Waals surface area contributed by atoms with Gasteiger partial charge < -0.3 is 20.5 Å². The molecule has 0 saturated carbocycles. The molecular formula is C38H36N6O8S. The van der Waals surface area contributed by atoms with Crippen LogP contribution in [-0.2, 0) is 19.7 Å². The van der Waals surface area contributed by atoms with Gasteiger partial charge in [-0.1, -0.05) is 78.9 Å². The van der Waals surface area contributed by atoms with Crippen LogP contribution in [-0.4, -0.2) is 64.8 Å². The first-order valence-electron chi connectivity index (χ1n) is 16.5. The molecule has 0 spiro atoms. The molecule has 0 fully saturated rings. The van der Waals surface area contributed by atoms with Crippen LogP contribution in [0.15, 0.2) is 125 Å². The van der Waals surface area contributed by atoms with E-state index in [1.807, 2.05) is 72.8 Å². The molecule has 0 aliphatic rings. The monoisotopic (exact) mass is 736 g/mol. The number of carbonyl (C=O) groups excluding carboxylic acids is 2. The first-order chi connectivity index (χ1) is 25.6. The summed E-state index contributed by atoms with van der Waals surface area (Å²) in [6.07, 6.45) is 2.42. The van der Waals surface area contributed by atoms with Gasteiger partial charge in [-0.25, -0.2) is 14.8 Å². The highest BCUT2D eigenvalue weighted by atomic mass is 32.2. The van der Waals surface area contributed by atoms with Crippen LogP contribution in [0.5, 0.6) is 5.88 Å². The molecule has 272 valence electrons. The van der Waals surface area contributed by atoms with Gasteiger partial charge in [0.1, 0.15) is 10.7 Å². The molecule has 15 heteroatoms. The van der Waals surface area contributed by atoms with Crippen molar-refractivity contribution in [1.29, 1.82) is 0 Å². The van der Waals surface area contributed by atoms with Crippen LogP contribution in [0.3, 0.4) is 0 Å². The highest BCUT2D eigenvalue weighted by Gasteiger charge is 2.23. The van der Waals surface area contributed by atoms with Crippen LogP contribution >= 0.6 is 0 Å². The molecule has 0 aliphatic heterocycles. The Labute approximate surface area is 305 Å². The number of carboxylic acids is 1. The van der Waals surface area contributed by atoms with Gasteiger partial charge in [0.05, 0.1) is 24.1 Å². The van der Waals surface area contributed by atoms with Gasteiger partial charge in [0.25, 0.3) is 16.0 Å². The van der Waals surface area contributed by atoms with Gasteiger partial charge in [0, 0.05) is 29.8 Å². The van der Waals surface area contributed by atoms with Crippen molar-refractivity contribution in [3.8, 4) is 28.3 Å². The lowest BCUT2D eigenvalue weighted by Crippen LogP contribution is -2.52. The number of rotatable bonds is 17. The quantitative estimate of drug-likeness (QED) is 0.0268. The van der Waals surface area contributed by atoms with Crippen molar-refractivity contribution in [3.05, 3.63) is 127 Å². The van der Waals surface area contributed by atoms with Crippen LogP contribution in [0, 0.1) is 0 Å². The van der Waals surface area contributed by atoms with Crippen molar-refractivity contribution in [1.82, 2.24) is 20.6 Å². The average Bonchev–Trinajstić information content (AvgIpc) is 3.16. The lowest BCUT2D eigenvalue weighted by Gasteiger charge is -2.16. The Hall–Kier alpha value is -6.45. The minimum atomic E-state index is -4.45. The smallest absolute Gasteiger partial charge is 0.347 e. The van der Waals surface area contributed by atoms with E-state index in [9.17, 15) is 32.5 Å². The first kappa shape index (κ1) is 37.8. The number of hydrazone groups is 1. The molecule has 1 atom stereocenters. The summed E-state index contributed by atoms with van der Waals surface area (Å²) in [5.74, 6) is -2.12. The molecule has 14 nitrogen and oxygen atoms in total. The van der Waals surface area contributed by atoms with Gasteiger partial charge >= 0.3 is 5.97 Å². The molecule has 2 aromatic heterocycles. The number of aliphatic carboxylic acids is 1. The van der Waals surface area contributed by atoms with Crippen LogP contribution in [0.2, 0.25) is 0 Å². The number of benzene rings is 3. The van der Waals surface area contributed by atoms with Crippen LogP contribution in [0.1, 0.15) is 41.6 Å². The molecule has 0 saturated heterocycles. The Balaban J connectivity index is 1.06. The number of carbonyl (C=O) groups is 3. The number of ether oxygens (including phenoxy) is 1. The standard InChI is InChI=1S/C38H36N6O8S/c45-34(18-8-3-11-21-52-35-23-30(26-12-4-1-5-13-26)22-31(41-35)27-14-6-2-7-15-27)42-36(38(47)48)43-37(46)29-19-20-33(39-24-29)44-40-25-28-16-9-10-17-32(28)53(49,50)51/h1-2,4-7,9-10,12-17,19-20,22-25,36H,3,8,11,18,21H2,(H,39,44)(H,42,45)(H,43,46)(H,47,48)(H,49,50,51)/b40-25+. The highest BCUT2D eigenvalue weighted by molar-refractivity contribution is 7.86. The number of nitrogens with one attached hydrogen (secondary N) is 3. The number of aromatic nitrogens is 2. The molecule has 2 amide bonds. The van der Waals surface area contributed by atoms with E-state index in [0.717, 1.165) is 28.6 Å². The highest BCUT2D eigenvalue weighted by Crippen LogP contribution is 2.29. The maximum Gasteiger partial charge on any atom is 0.347 e. The predicted octanol–water partition coefficient (Wildman–Crippen LogP) is 5.40.